The zero-order valence-corrected chi connectivity index (χ0v) is 24.0. The highest BCUT2D eigenvalue weighted by atomic mass is 32.2. The van der Waals surface area contributed by atoms with Gasteiger partial charge in [0, 0.05) is 17.9 Å². The molecule has 2 atom stereocenters. The van der Waals surface area contributed by atoms with Crippen LogP contribution in [0.1, 0.15) is 58.6 Å². The van der Waals surface area contributed by atoms with Crippen molar-refractivity contribution < 1.29 is 45.4 Å². The molecule has 2 aromatic rings. The average Bonchev–Trinajstić information content (AvgIpc) is 3.80. The Balaban J connectivity index is 1.38. The van der Waals surface area contributed by atoms with Gasteiger partial charge in [0.05, 0.1) is 17.3 Å². The maximum atomic E-state index is 13.6. The van der Waals surface area contributed by atoms with Crippen molar-refractivity contribution in [1.29, 1.82) is 0 Å². The molecule has 3 fully saturated rings. The first-order chi connectivity index (χ1) is 19.5. The lowest BCUT2D eigenvalue weighted by Crippen LogP contribution is -2.56. The van der Waals surface area contributed by atoms with Crippen molar-refractivity contribution in [2.75, 3.05) is 6.54 Å². The topological polar surface area (TPSA) is 144 Å². The number of pyridine rings is 1. The van der Waals surface area contributed by atoms with Crippen LogP contribution in [-0.4, -0.2) is 71.3 Å². The maximum absolute atomic E-state index is 13.6. The Labute approximate surface area is 240 Å². The molecule has 15 heteroatoms. The number of alkyl halides is 3. The number of rotatable bonds is 7. The number of benzene rings is 1. The second-order valence-electron chi connectivity index (χ2n) is 11.9. The molecule has 42 heavy (non-hydrogen) atoms. The lowest BCUT2D eigenvalue weighted by molar-refractivity contribution is -0.141. The standard InChI is InChI=1S/C27H31F3N4O7S/c1-25(2,3)41-24(37)34-14-15(40-20-13-21(27(28,29)30)31-18-7-5-4-6-17(18)20)12-19(34)22(35)32-26(10-11-26)23(36)33-42(38,39)16-8-9-16/h4-7,13,15-16,19H,8-12,14H2,1-3H3,(H,32,35)(H,33,36)/t15-,19+/m1/s1. The summed E-state index contributed by atoms with van der Waals surface area (Å²) in [6, 6.07) is 5.69. The van der Waals surface area contributed by atoms with Gasteiger partial charge in [0.15, 0.2) is 0 Å². The molecule has 0 unspecified atom stereocenters. The first-order valence-electron chi connectivity index (χ1n) is 13.5. The van der Waals surface area contributed by atoms with Crippen molar-refractivity contribution in [2.24, 2.45) is 0 Å². The van der Waals surface area contributed by atoms with Crippen molar-refractivity contribution in [3.63, 3.8) is 0 Å². The largest absolute Gasteiger partial charge is 0.488 e. The molecule has 2 aliphatic carbocycles. The fourth-order valence-electron chi connectivity index (χ4n) is 4.76. The molecule has 3 amide bonds. The molecule has 2 saturated carbocycles. The van der Waals surface area contributed by atoms with Crippen LogP contribution in [-0.2, 0) is 30.5 Å². The highest BCUT2D eigenvalue weighted by Gasteiger charge is 2.55. The van der Waals surface area contributed by atoms with E-state index in [9.17, 15) is 36.0 Å². The van der Waals surface area contributed by atoms with Crippen molar-refractivity contribution in [2.45, 2.75) is 87.6 Å². The monoisotopic (exact) mass is 612 g/mol. The second kappa shape index (κ2) is 10.3. The van der Waals surface area contributed by atoms with E-state index in [-0.39, 0.29) is 37.1 Å². The van der Waals surface area contributed by atoms with E-state index < -0.39 is 68.3 Å². The first-order valence-corrected chi connectivity index (χ1v) is 15.0. The Bertz CT molecular complexity index is 1530. The summed E-state index contributed by atoms with van der Waals surface area (Å²) in [5.74, 6) is -1.70. The molecular formula is C27H31F3N4O7S. The molecule has 228 valence electrons. The Hall–Kier alpha value is -3.62. The molecule has 1 aliphatic heterocycles. The van der Waals surface area contributed by atoms with Gasteiger partial charge in [0.25, 0.3) is 5.91 Å². The number of carbonyl (C=O) groups is 3. The number of likely N-dealkylation sites (tertiary alicyclic amines) is 1. The average molecular weight is 613 g/mol. The highest BCUT2D eigenvalue weighted by Crippen LogP contribution is 2.39. The Morgan fingerprint density at radius 2 is 1.76 bits per heavy atom. The van der Waals surface area contributed by atoms with Crippen LogP contribution in [0.2, 0.25) is 0 Å². The van der Waals surface area contributed by atoms with Gasteiger partial charge in [-0.15, -0.1) is 0 Å². The van der Waals surface area contributed by atoms with E-state index in [0.717, 1.165) is 11.0 Å². The maximum Gasteiger partial charge on any atom is 0.433 e. The van der Waals surface area contributed by atoms with Crippen LogP contribution in [0.15, 0.2) is 30.3 Å². The lowest BCUT2D eigenvalue weighted by atomic mass is 10.1. The van der Waals surface area contributed by atoms with Crippen LogP contribution in [0.4, 0.5) is 18.0 Å². The number of carbonyl (C=O) groups excluding carboxylic acids is 3. The molecule has 11 nitrogen and oxygen atoms in total. The zero-order valence-electron chi connectivity index (χ0n) is 23.2. The fraction of sp³-hybridized carbons (Fsp3) is 0.556. The summed E-state index contributed by atoms with van der Waals surface area (Å²) in [4.78, 5) is 44.2. The van der Waals surface area contributed by atoms with Gasteiger partial charge in [-0.3, -0.25) is 19.2 Å². The SMILES string of the molecule is CC(C)(C)OC(=O)N1C[C@H](Oc2cc(C(F)(F)F)nc3ccccc23)C[C@H]1C(=O)NC1(C(=O)NS(=O)(=O)C2CC2)CC1. The molecule has 1 aromatic carbocycles. The van der Waals surface area contributed by atoms with Crippen molar-refractivity contribution in [1.82, 2.24) is 19.9 Å². The summed E-state index contributed by atoms with van der Waals surface area (Å²) in [6.45, 7) is 4.71. The summed E-state index contributed by atoms with van der Waals surface area (Å²) < 4.78 is 78.8. The number of ether oxygens (including phenoxy) is 2. The van der Waals surface area contributed by atoms with Crippen LogP contribution in [0.5, 0.6) is 5.75 Å². The number of hydrogen-bond acceptors (Lipinski definition) is 8. The Morgan fingerprint density at radius 1 is 1.10 bits per heavy atom. The van der Waals surface area contributed by atoms with Crippen LogP contribution in [0, 0.1) is 0 Å². The molecule has 0 spiro atoms. The van der Waals surface area contributed by atoms with E-state index in [0.29, 0.717) is 18.2 Å². The fourth-order valence-corrected chi connectivity index (χ4v) is 6.14. The molecule has 0 radical (unpaired) electrons. The molecule has 1 saturated heterocycles. The highest BCUT2D eigenvalue weighted by molar-refractivity contribution is 7.91. The first kappa shape index (κ1) is 29.9. The Morgan fingerprint density at radius 3 is 2.36 bits per heavy atom. The van der Waals surface area contributed by atoms with Crippen LogP contribution >= 0.6 is 0 Å². The minimum atomic E-state index is -4.74. The van der Waals surface area contributed by atoms with E-state index in [1.165, 1.54) is 6.07 Å². The molecule has 1 aromatic heterocycles. The number of nitrogens with zero attached hydrogens (tertiary/aromatic N) is 2. The van der Waals surface area contributed by atoms with Gasteiger partial charge in [-0.2, -0.15) is 13.2 Å². The second-order valence-corrected chi connectivity index (χ2v) is 13.9. The third-order valence-electron chi connectivity index (χ3n) is 7.20. The van der Waals surface area contributed by atoms with Gasteiger partial charge in [0.2, 0.25) is 15.9 Å². The summed E-state index contributed by atoms with van der Waals surface area (Å²) in [7, 11) is -3.84. The predicted octanol–water partition coefficient (Wildman–Crippen LogP) is 3.27. The van der Waals surface area contributed by atoms with E-state index in [2.05, 4.69) is 10.3 Å². The lowest BCUT2D eigenvalue weighted by Gasteiger charge is -2.28. The Kier molecular flexibility index (Phi) is 7.31. The van der Waals surface area contributed by atoms with Gasteiger partial charge >= 0.3 is 12.3 Å². The number of halogens is 3. The van der Waals surface area contributed by atoms with E-state index in [4.69, 9.17) is 9.47 Å². The van der Waals surface area contributed by atoms with Gasteiger partial charge in [-0.1, -0.05) is 12.1 Å². The summed E-state index contributed by atoms with van der Waals surface area (Å²) in [5.41, 5.74) is -3.47. The molecule has 2 heterocycles. The number of hydrogen-bond donors (Lipinski definition) is 2. The van der Waals surface area contributed by atoms with Crippen LogP contribution in [0.3, 0.4) is 0 Å². The molecule has 3 aliphatic rings. The molecule has 5 rings (SSSR count). The van der Waals surface area contributed by atoms with Crippen molar-refractivity contribution >= 4 is 38.8 Å². The third-order valence-corrected chi connectivity index (χ3v) is 9.02. The van der Waals surface area contributed by atoms with E-state index in [1.54, 1.807) is 39.0 Å². The van der Waals surface area contributed by atoms with Gasteiger partial charge in [-0.25, -0.2) is 18.2 Å². The van der Waals surface area contributed by atoms with E-state index >= 15 is 0 Å². The predicted molar refractivity (Wildman–Crippen MR) is 143 cm³/mol. The molecule has 2 N–H and O–H groups in total. The van der Waals surface area contributed by atoms with Crippen LogP contribution in [0.25, 0.3) is 10.9 Å². The van der Waals surface area contributed by atoms with Gasteiger partial charge in [0.1, 0.15) is 34.7 Å². The van der Waals surface area contributed by atoms with Crippen molar-refractivity contribution in [3.8, 4) is 5.75 Å². The minimum absolute atomic E-state index is 0.0569. The van der Waals surface area contributed by atoms with Gasteiger partial charge < -0.3 is 14.8 Å². The summed E-state index contributed by atoms with van der Waals surface area (Å²) in [5, 5.41) is 2.28. The number of aromatic nitrogens is 1. The van der Waals surface area contributed by atoms with E-state index in [1.807, 2.05) is 4.72 Å². The number of fused-ring (bicyclic) bond motifs is 1. The summed E-state index contributed by atoms with van der Waals surface area (Å²) in [6.07, 6.45) is -5.33. The minimum Gasteiger partial charge on any atom is -0.488 e. The van der Waals surface area contributed by atoms with Crippen LogP contribution < -0.4 is 14.8 Å². The number of sulfonamides is 1. The number of amides is 3. The summed E-state index contributed by atoms with van der Waals surface area (Å²) >= 11 is 0. The smallest absolute Gasteiger partial charge is 0.433 e. The zero-order chi connectivity index (χ0) is 30.7. The molecule has 0 bridgehead atoms. The normalized spacial score (nSPS) is 22.0. The number of nitrogens with one attached hydrogen (secondary N) is 2. The molecular weight excluding hydrogens is 581 g/mol. The van der Waals surface area contributed by atoms with Crippen molar-refractivity contribution in [3.05, 3.63) is 36.0 Å². The third kappa shape index (κ3) is 6.40. The number of para-hydroxylation sites is 1. The quantitative estimate of drug-likeness (QED) is 0.485. The van der Waals surface area contributed by atoms with Gasteiger partial charge in [-0.05, 0) is 58.6 Å².